The topological polar surface area (TPSA) is 29.5 Å². The first kappa shape index (κ1) is 18.2. The summed E-state index contributed by atoms with van der Waals surface area (Å²) in [5, 5.41) is 0. The fourth-order valence-corrected chi connectivity index (χ4v) is 2.84. The smallest absolute Gasteiger partial charge is 0.378 e. The van der Waals surface area contributed by atoms with E-state index in [-0.39, 0.29) is 11.3 Å². The van der Waals surface area contributed by atoms with E-state index < -0.39 is 11.7 Å². The summed E-state index contributed by atoms with van der Waals surface area (Å²) in [6.45, 7) is 2.75. The lowest BCUT2D eigenvalue weighted by Gasteiger charge is -2.29. The molecule has 6 heteroatoms. The van der Waals surface area contributed by atoms with Crippen LogP contribution in [0.25, 0.3) is 6.08 Å². The Morgan fingerprint density at radius 1 is 1.04 bits per heavy atom. The van der Waals surface area contributed by atoms with Gasteiger partial charge in [0.2, 0.25) is 0 Å². The van der Waals surface area contributed by atoms with Gasteiger partial charge in [0.15, 0.2) is 5.78 Å². The number of carbonyl (C=O) groups is 1. The highest BCUT2D eigenvalue weighted by Gasteiger charge is 2.32. The summed E-state index contributed by atoms with van der Waals surface area (Å²) < 4.78 is 44.4. The summed E-state index contributed by atoms with van der Waals surface area (Å²) in [6, 6.07) is 12.3. The number of halogens is 3. The molecule has 1 saturated heterocycles. The molecule has 136 valence electrons. The third-order valence-corrected chi connectivity index (χ3v) is 4.19. The average molecular weight is 361 g/mol. The van der Waals surface area contributed by atoms with E-state index in [0.29, 0.717) is 18.8 Å². The van der Waals surface area contributed by atoms with Crippen molar-refractivity contribution in [3.05, 3.63) is 71.3 Å². The zero-order chi connectivity index (χ0) is 18.6. The Labute approximate surface area is 149 Å². The van der Waals surface area contributed by atoms with Crippen LogP contribution in [0.5, 0.6) is 0 Å². The monoisotopic (exact) mass is 361 g/mol. The lowest BCUT2D eigenvalue weighted by Crippen LogP contribution is -2.36. The number of benzene rings is 2. The maximum Gasteiger partial charge on any atom is 0.416 e. The zero-order valence-corrected chi connectivity index (χ0v) is 14.0. The molecule has 1 fully saturated rings. The fraction of sp³-hybridized carbons (Fsp3) is 0.250. The molecule has 0 atom stereocenters. The van der Waals surface area contributed by atoms with Gasteiger partial charge in [0.25, 0.3) is 0 Å². The van der Waals surface area contributed by atoms with Crippen molar-refractivity contribution in [2.45, 2.75) is 6.18 Å². The van der Waals surface area contributed by atoms with Gasteiger partial charge in [0.1, 0.15) is 0 Å². The third kappa shape index (κ3) is 4.32. The number of rotatable bonds is 4. The number of morpholine rings is 1. The fourth-order valence-electron chi connectivity index (χ4n) is 2.84. The first-order chi connectivity index (χ1) is 12.4. The number of hydrogen-bond acceptors (Lipinski definition) is 3. The maximum absolute atomic E-state index is 13.0. The highest BCUT2D eigenvalue weighted by atomic mass is 19.4. The molecule has 3 rings (SSSR count). The van der Waals surface area contributed by atoms with Gasteiger partial charge in [-0.2, -0.15) is 13.2 Å². The molecule has 0 unspecified atom stereocenters. The van der Waals surface area contributed by atoms with Crippen molar-refractivity contribution in [3.63, 3.8) is 0 Å². The Hall–Kier alpha value is -2.60. The average Bonchev–Trinajstić information content (AvgIpc) is 2.66. The lowest BCUT2D eigenvalue weighted by molar-refractivity contribution is -0.137. The molecular weight excluding hydrogens is 343 g/mol. The van der Waals surface area contributed by atoms with Gasteiger partial charge >= 0.3 is 6.18 Å². The zero-order valence-electron chi connectivity index (χ0n) is 14.0. The molecule has 0 radical (unpaired) electrons. The highest BCUT2D eigenvalue weighted by molar-refractivity contribution is 6.07. The molecule has 2 aromatic rings. The number of ketones is 1. The molecule has 1 heterocycles. The van der Waals surface area contributed by atoms with E-state index in [1.165, 1.54) is 30.4 Å². The molecule has 0 bridgehead atoms. The van der Waals surface area contributed by atoms with Crippen LogP contribution in [0.15, 0.2) is 54.6 Å². The first-order valence-electron chi connectivity index (χ1n) is 8.26. The van der Waals surface area contributed by atoms with Gasteiger partial charge in [0.05, 0.1) is 18.8 Å². The Morgan fingerprint density at radius 2 is 1.77 bits per heavy atom. The maximum atomic E-state index is 13.0. The Kier molecular flexibility index (Phi) is 5.42. The van der Waals surface area contributed by atoms with Crippen LogP contribution in [0.1, 0.15) is 21.5 Å². The van der Waals surface area contributed by atoms with E-state index in [0.717, 1.165) is 24.8 Å². The lowest BCUT2D eigenvalue weighted by atomic mass is 10.0. The van der Waals surface area contributed by atoms with Crippen molar-refractivity contribution < 1.29 is 22.7 Å². The van der Waals surface area contributed by atoms with Crippen molar-refractivity contribution >= 4 is 17.5 Å². The summed E-state index contributed by atoms with van der Waals surface area (Å²) in [5.41, 5.74) is 0.557. The summed E-state index contributed by atoms with van der Waals surface area (Å²) in [5.74, 6) is -0.336. The molecule has 2 aromatic carbocycles. The minimum atomic E-state index is -4.46. The standard InChI is InChI=1S/C20H18F3NO2/c21-20(22,23)18-7-2-1-4-15(18)8-9-19(25)16-5-3-6-17(14-16)24-10-12-26-13-11-24/h1-9,14H,10-13H2/b9-8+. The van der Waals surface area contributed by atoms with Crippen LogP contribution >= 0.6 is 0 Å². The third-order valence-electron chi connectivity index (χ3n) is 4.19. The quantitative estimate of drug-likeness (QED) is 0.596. The second-order valence-electron chi connectivity index (χ2n) is 5.93. The van der Waals surface area contributed by atoms with Gasteiger partial charge < -0.3 is 9.64 Å². The van der Waals surface area contributed by atoms with Crippen molar-refractivity contribution in [2.24, 2.45) is 0 Å². The van der Waals surface area contributed by atoms with Crippen LogP contribution in [0, 0.1) is 0 Å². The van der Waals surface area contributed by atoms with E-state index in [1.54, 1.807) is 18.2 Å². The summed E-state index contributed by atoms with van der Waals surface area (Å²) in [6.07, 6.45) is -2.06. The second-order valence-corrected chi connectivity index (χ2v) is 5.93. The molecule has 1 aliphatic rings. The van der Waals surface area contributed by atoms with Crippen LogP contribution in [0.4, 0.5) is 18.9 Å². The Bertz CT molecular complexity index is 809. The molecule has 0 saturated carbocycles. The Morgan fingerprint density at radius 3 is 2.50 bits per heavy atom. The van der Waals surface area contributed by atoms with Crippen molar-refractivity contribution in [1.82, 2.24) is 0 Å². The number of alkyl halides is 3. The number of carbonyl (C=O) groups excluding carboxylic acids is 1. The molecular formula is C20H18F3NO2. The molecule has 0 spiro atoms. The van der Waals surface area contributed by atoms with E-state index in [2.05, 4.69) is 4.90 Å². The molecule has 0 amide bonds. The summed E-state index contributed by atoms with van der Waals surface area (Å²) in [7, 11) is 0. The SMILES string of the molecule is O=C(/C=C/c1ccccc1C(F)(F)F)c1cccc(N2CCOCC2)c1. The predicted octanol–water partition coefficient (Wildman–Crippen LogP) is 4.44. The van der Waals surface area contributed by atoms with Crippen molar-refractivity contribution in [1.29, 1.82) is 0 Å². The number of hydrogen-bond donors (Lipinski definition) is 0. The van der Waals surface area contributed by atoms with E-state index in [1.807, 2.05) is 6.07 Å². The van der Waals surface area contributed by atoms with E-state index >= 15 is 0 Å². The van der Waals surface area contributed by atoms with Gasteiger partial charge in [-0.1, -0.05) is 36.4 Å². The van der Waals surface area contributed by atoms with Crippen LogP contribution in [0.2, 0.25) is 0 Å². The minimum Gasteiger partial charge on any atom is -0.378 e. The summed E-state index contributed by atoms with van der Waals surface area (Å²) in [4.78, 5) is 14.5. The molecule has 1 aliphatic heterocycles. The molecule has 3 nitrogen and oxygen atoms in total. The second kappa shape index (κ2) is 7.74. The molecule has 26 heavy (non-hydrogen) atoms. The largest absolute Gasteiger partial charge is 0.416 e. The predicted molar refractivity (Wildman–Crippen MR) is 94.3 cm³/mol. The number of nitrogens with zero attached hydrogens (tertiary/aromatic N) is 1. The molecule has 0 aromatic heterocycles. The van der Waals surface area contributed by atoms with Gasteiger partial charge in [-0.25, -0.2) is 0 Å². The number of allylic oxidation sites excluding steroid dienone is 1. The summed E-state index contributed by atoms with van der Waals surface area (Å²) >= 11 is 0. The van der Waals surface area contributed by atoms with Crippen LogP contribution < -0.4 is 4.90 Å². The van der Waals surface area contributed by atoms with Gasteiger partial charge in [0, 0.05) is 24.3 Å². The van der Waals surface area contributed by atoms with Crippen molar-refractivity contribution in [3.8, 4) is 0 Å². The van der Waals surface area contributed by atoms with Crippen LogP contribution in [-0.4, -0.2) is 32.1 Å². The van der Waals surface area contributed by atoms with Gasteiger partial charge in [-0.3, -0.25) is 4.79 Å². The minimum absolute atomic E-state index is 0.0299. The Balaban J connectivity index is 1.79. The first-order valence-corrected chi connectivity index (χ1v) is 8.26. The van der Waals surface area contributed by atoms with Crippen LogP contribution in [0.3, 0.4) is 0 Å². The van der Waals surface area contributed by atoms with Crippen LogP contribution in [-0.2, 0) is 10.9 Å². The number of ether oxygens (including phenoxy) is 1. The van der Waals surface area contributed by atoms with Crippen molar-refractivity contribution in [2.75, 3.05) is 31.2 Å². The highest BCUT2D eigenvalue weighted by Crippen LogP contribution is 2.32. The molecule has 0 aliphatic carbocycles. The van der Waals surface area contributed by atoms with Gasteiger partial charge in [-0.05, 0) is 29.8 Å². The van der Waals surface area contributed by atoms with E-state index in [4.69, 9.17) is 4.74 Å². The van der Waals surface area contributed by atoms with Gasteiger partial charge in [-0.15, -0.1) is 0 Å². The molecule has 0 N–H and O–H groups in total. The normalized spacial score (nSPS) is 15.4. The van der Waals surface area contributed by atoms with E-state index in [9.17, 15) is 18.0 Å². The number of anilines is 1.